The molecule has 21 heavy (non-hydrogen) atoms. The number of thiophene rings is 2. The number of oxime groups is 1. The summed E-state index contributed by atoms with van der Waals surface area (Å²) in [7, 11) is 0. The number of aryl methyl sites for hydroxylation is 4. The van der Waals surface area contributed by atoms with E-state index >= 15 is 0 Å². The Morgan fingerprint density at radius 3 is 1.95 bits per heavy atom. The molecule has 0 saturated carbocycles. The van der Waals surface area contributed by atoms with Gasteiger partial charge in [0.25, 0.3) is 0 Å². The summed E-state index contributed by atoms with van der Waals surface area (Å²) >= 11 is 3.64. The second kappa shape index (κ2) is 5.43. The second-order valence-electron chi connectivity index (χ2n) is 5.55. The predicted molar refractivity (Wildman–Crippen MR) is 92.9 cm³/mol. The smallest absolute Gasteiger partial charge is 0.0880 e. The summed E-state index contributed by atoms with van der Waals surface area (Å²) in [6.07, 6.45) is 1.78. The summed E-state index contributed by atoms with van der Waals surface area (Å²) in [5.41, 5.74) is 5.88. The number of hydrogen-bond donors (Lipinski definition) is 1. The molecule has 0 unspecified atom stereocenters. The van der Waals surface area contributed by atoms with E-state index in [1.807, 2.05) is 22.7 Å². The van der Waals surface area contributed by atoms with Crippen molar-refractivity contribution in [3.63, 3.8) is 0 Å². The molecule has 0 radical (unpaired) electrons. The first kappa shape index (κ1) is 14.5. The molecular formula is C17H19NOS2. The molecule has 1 N–H and O–H groups in total. The van der Waals surface area contributed by atoms with Gasteiger partial charge in [0.2, 0.25) is 0 Å². The van der Waals surface area contributed by atoms with Crippen molar-refractivity contribution >= 4 is 39.5 Å². The highest BCUT2D eigenvalue weighted by atomic mass is 32.1. The van der Waals surface area contributed by atoms with Gasteiger partial charge < -0.3 is 5.21 Å². The number of allylic oxidation sites excluding steroid dienone is 2. The Morgan fingerprint density at radius 1 is 0.905 bits per heavy atom. The molecule has 1 aliphatic carbocycles. The quantitative estimate of drug-likeness (QED) is 0.569. The zero-order valence-corrected chi connectivity index (χ0v) is 14.4. The average Bonchev–Trinajstić information content (AvgIpc) is 3.06. The molecule has 0 fully saturated rings. The van der Waals surface area contributed by atoms with Gasteiger partial charge in [-0.3, -0.25) is 0 Å². The maximum absolute atomic E-state index is 9.39. The van der Waals surface area contributed by atoms with Gasteiger partial charge in [-0.25, -0.2) is 0 Å². The monoisotopic (exact) mass is 317 g/mol. The van der Waals surface area contributed by atoms with Crippen LogP contribution in [0.5, 0.6) is 0 Å². The van der Waals surface area contributed by atoms with Crippen LogP contribution in [0.4, 0.5) is 0 Å². The fourth-order valence-electron chi connectivity index (χ4n) is 3.16. The van der Waals surface area contributed by atoms with Crippen LogP contribution in [-0.4, -0.2) is 10.9 Å². The van der Waals surface area contributed by atoms with Crippen LogP contribution in [0.15, 0.2) is 17.3 Å². The summed E-state index contributed by atoms with van der Waals surface area (Å²) < 4.78 is 0. The van der Waals surface area contributed by atoms with Gasteiger partial charge in [0.1, 0.15) is 0 Å². The van der Waals surface area contributed by atoms with Gasteiger partial charge in [0.05, 0.1) is 5.71 Å². The van der Waals surface area contributed by atoms with E-state index in [1.54, 1.807) is 0 Å². The Morgan fingerprint density at radius 2 is 1.48 bits per heavy atom. The van der Waals surface area contributed by atoms with E-state index < -0.39 is 0 Å². The van der Waals surface area contributed by atoms with Gasteiger partial charge in [-0.2, -0.15) is 0 Å². The van der Waals surface area contributed by atoms with Crippen LogP contribution >= 0.6 is 22.7 Å². The molecule has 4 heteroatoms. The zero-order chi connectivity index (χ0) is 15.1. The Bertz CT molecular complexity index is 762. The Labute approximate surface area is 133 Å². The minimum absolute atomic E-state index is 0.823. The standard InChI is InChI=1S/C17H19NOS2/c1-9-7-14(11(3)20-9)13-5-6-16(18-19)17(13)15-8-10(2)21-12(15)4/h7-8,19H,5-6H2,1-4H3/b18-16+. The summed E-state index contributed by atoms with van der Waals surface area (Å²) in [6.45, 7) is 8.61. The molecule has 2 nitrogen and oxygen atoms in total. The van der Waals surface area contributed by atoms with Crippen LogP contribution in [-0.2, 0) is 0 Å². The van der Waals surface area contributed by atoms with Crippen molar-refractivity contribution in [3.05, 3.63) is 42.8 Å². The first-order chi connectivity index (χ1) is 10.0. The van der Waals surface area contributed by atoms with Gasteiger partial charge in [-0.05, 0) is 69.4 Å². The minimum Gasteiger partial charge on any atom is -0.411 e. The van der Waals surface area contributed by atoms with E-state index in [0.29, 0.717) is 0 Å². The second-order valence-corrected chi connectivity index (χ2v) is 8.47. The van der Waals surface area contributed by atoms with E-state index in [2.05, 4.69) is 45.0 Å². The van der Waals surface area contributed by atoms with Crippen LogP contribution in [0, 0.1) is 27.7 Å². The molecular weight excluding hydrogens is 298 g/mol. The van der Waals surface area contributed by atoms with Crippen LogP contribution in [0.1, 0.15) is 43.5 Å². The summed E-state index contributed by atoms with van der Waals surface area (Å²) in [4.78, 5) is 5.29. The fraction of sp³-hybridized carbons (Fsp3) is 0.353. The van der Waals surface area contributed by atoms with Gasteiger partial charge in [0.15, 0.2) is 0 Å². The van der Waals surface area contributed by atoms with Crippen molar-refractivity contribution in [2.75, 3.05) is 0 Å². The van der Waals surface area contributed by atoms with E-state index in [9.17, 15) is 5.21 Å². The van der Waals surface area contributed by atoms with Crippen LogP contribution < -0.4 is 0 Å². The first-order valence-corrected chi connectivity index (χ1v) is 8.73. The van der Waals surface area contributed by atoms with E-state index in [-0.39, 0.29) is 0 Å². The van der Waals surface area contributed by atoms with Gasteiger partial charge in [-0.1, -0.05) is 5.16 Å². The normalized spacial score (nSPS) is 17.2. The topological polar surface area (TPSA) is 32.6 Å². The lowest BCUT2D eigenvalue weighted by molar-refractivity contribution is 0.319. The van der Waals surface area contributed by atoms with Crippen molar-refractivity contribution in [1.29, 1.82) is 0 Å². The van der Waals surface area contributed by atoms with E-state index in [4.69, 9.17) is 0 Å². The lowest BCUT2D eigenvalue weighted by Gasteiger charge is -2.07. The summed E-state index contributed by atoms with van der Waals surface area (Å²) in [5.74, 6) is 0. The Kier molecular flexibility index (Phi) is 3.76. The van der Waals surface area contributed by atoms with Crippen molar-refractivity contribution in [3.8, 4) is 0 Å². The SMILES string of the molecule is Cc1cc(C2=C(c3cc(C)sc3C)/C(=N/O)CC2)c(C)s1. The molecule has 0 aliphatic heterocycles. The highest BCUT2D eigenvalue weighted by Crippen LogP contribution is 2.43. The van der Waals surface area contributed by atoms with E-state index in [0.717, 1.165) is 24.1 Å². The maximum atomic E-state index is 9.39. The molecule has 2 aromatic rings. The molecule has 0 spiro atoms. The van der Waals surface area contributed by atoms with Gasteiger partial charge in [0, 0.05) is 25.1 Å². The molecule has 110 valence electrons. The molecule has 3 rings (SSSR count). The lowest BCUT2D eigenvalue weighted by atomic mass is 9.97. The maximum Gasteiger partial charge on any atom is 0.0880 e. The molecule has 0 saturated heterocycles. The molecule has 2 heterocycles. The van der Waals surface area contributed by atoms with Crippen molar-refractivity contribution in [2.24, 2.45) is 5.16 Å². The average molecular weight is 317 g/mol. The Hall–Kier alpha value is -1.39. The van der Waals surface area contributed by atoms with Crippen LogP contribution in [0.25, 0.3) is 11.1 Å². The van der Waals surface area contributed by atoms with Gasteiger partial charge >= 0.3 is 0 Å². The first-order valence-electron chi connectivity index (χ1n) is 7.10. The number of hydrogen-bond acceptors (Lipinski definition) is 4. The summed E-state index contributed by atoms with van der Waals surface area (Å²) in [5, 5.41) is 13.0. The largest absolute Gasteiger partial charge is 0.411 e. The third-order valence-corrected chi connectivity index (χ3v) is 5.93. The lowest BCUT2D eigenvalue weighted by Crippen LogP contribution is -1.97. The van der Waals surface area contributed by atoms with E-state index in [1.165, 1.54) is 36.2 Å². The minimum atomic E-state index is 0.823. The third kappa shape index (κ3) is 2.47. The molecule has 0 aromatic carbocycles. The van der Waals surface area contributed by atoms with Crippen molar-refractivity contribution < 1.29 is 5.21 Å². The van der Waals surface area contributed by atoms with Crippen molar-refractivity contribution in [2.45, 2.75) is 40.5 Å². The predicted octanol–water partition coefficient (Wildman–Crippen LogP) is 5.58. The third-order valence-electron chi connectivity index (χ3n) is 4.00. The molecule has 2 aromatic heterocycles. The molecule has 0 atom stereocenters. The zero-order valence-electron chi connectivity index (χ0n) is 12.8. The van der Waals surface area contributed by atoms with Crippen LogP contribution in [0.3, 0.4) is 0 Å². The van der Waals surface area contributed by atoms with Crippen molar-refractivity contribution in [1.82, 2.24) is 0 Å². The number of rotatable bonds is 2. The highest BCUT2D eigenvalue weighted by molar-refractivity contribution is 7.12. The van der Waals surface area contributed by atoms with Gasteiger partial charge in [-0.15, -0.1) is 22.7 Å². The fourth-order valence-corrected chi connectivity index (χ4v) is 5.05. The Balaban J connectivity index is 2.25. The highest BCUT2D eigenvalue weighted by Gasteiger charge is 2.27. The van der Waals surface area contributed by atoms with Crippen LogP contribution in [0.2, 0.25) is 0 Å². The molecule has 0 bridgehead atoms. The summed E-state index contributed by atoms with van der Waals surface area (Å²) in [6, 6.07) is 4.49. The molecule has 1 aliphatic rings. The molecule has 0 amide bonds. The number of nitrogens with zero attached hydrogens (tertiary/aromatic N) is 1.